The zero-order valence-electron chi connectivity index (χ0n) is 20.3. The van der Waals surface area contributed by atoms with E-state index in [-0.39, 0.29) is 11.5 Å². The molecule has 2 aromatic carbocycles. The third kappa shape index (κ3) is 5.05. The van der Waals surface area contributed by atoms with Gasteiger partial charge in [0.2, 0.25) is 0 Å². The highest BCUT2D eigenvalue weighted by molar-refractivity contribution is 6.07. The molecule has 1 fully saturated rings. The van der Waals surface area contributed by atoms with E-state index in [2.05, 4.69) is 20.2 Å². The van der Waals surface area contributed by atoms with Gasteiger partial charge in [-0.25, -0.2) is 0 Å². The minimum atomic E-state index is -0.188. The maximum atomic E-state index is 13.0. The van der Waals surface area contributed by atoms with Crippen molar-refractivity contribution >= 4 is 16.8 Å². The van der Waals surface area contributed by atoms with Crippen molar-refractivity contribution in [2.45, 2.75) is 6.42 Å². The molecule has 1 amide bonds. The molecule has 8 nitrogen and oxygen atoms in total. The third-order valence-electron chi connectivity index (χ3n) is 6.55. The number of aromatic nitrogens is 2. The summed E-state index contributed by atoms with van der Waals surface area (Å²) in [5.41, 5.74) is 4.19. The maximum absolute atomic E-state index is 13.0. The number of amides is 1. The van der Waals surface area contributed by atoms with Crippen LogP contribution in [-0.2, 0) is 4.74 Å². The summed E-state index contributed by atoms with van der Waals surface area (Å²) in [7, 11) is 1.62. The lowest BCUT2D eigenvalue weighted by Gasteiger charge is -2.26. The Labute approximate surface area is 209 Å². The van der Waals surface area contributed by atoms with Gasteiger partial charge in [0.15, 0.2) is 0 Å². The summed E-state index contributed by atoms with van der Waals surface area (Å²) in [6.07, 6.45) is 2.50. The van der Waals surface area contributed by atoms with E-state index in [1.54, 1.807) is 25.4 Å². The van der Waals surface area contributed by atoms with Crippen LogP contribution in [-0.4, -0.2) is 67.3 Å². The van der Waals surface area contributed by atoms with E-state index < -0.39 is 0 Å². The third-order valence-corrected chi connectivity index (χ3v) is 6.55. The number of morpholine rings is 1. The van der Waals surface area contributed by atoms with Crippen molar-refractivity contribution in [3.05, 3.63) is 76.7 Å². The molecule has 0 spiro atoms. The lowest BCUT2D eigenvalue weighted by atomic mass is 9.97. The second-order valence-electron chi connectivity index (χ2n) is 8.84. The average Bonchev–Trinajstić information content (AvgIpc) is 3.30. The first-order chi connectivity index (χ1) is 17.6. The zero-order chi connectivity index (χ0) is 24.9. The predicted molar refractivity (Wildman–Crippen MR) is 141 cm³/mol. The van der Waals surface area contributed by atoms with E-state index >= 15 is 0 Å². The van der Waals surface area contributed by atoms with Crippen LogP contribution in [0, 0.1) is 0 Å². The van der Waals surface area contributed by atoms with Gasteiger partial charge in [0.25, 0.3) is 11.5 Å². The van der Waals surface area contributed by atoms with Gasteiger partial charge in [-0.2, -0.15) is 0 Å². The molecule has 186 valence electrons. The van der Waals surface area contributed by atoms with E-state index in [0.717, 1.165) is 61.3 Å². The topological polar surface area (TPSA) is 99.5 Å². The number of benzene rings is 2. The molecule has 0 bridgehead atoms. The van der Waals surface area contributed by atoms with Crippen molar-refractivity contribution in [2.24, 2.45) is 0 Å². The van der Waals surface area contributed by atoms with Crippen LogP contribution in [0.4, 0.5) is 0 Å². The normalized spacial score (nSPS) is 14.1. The van der Waals surface area contributed by atoms with E-state index in [9.17, 15) is 9.59 Å². The Balaban J connectivity index is 1.46. The number of carbonyl (C=O) groups is 1. The van der Waals surface area contributed by atoms with Crippen LogP contribution >= 0.6 is 0 Å². The van der Waals surface area contributed by atoms with E-state index in [1.165, 1.54) is 0 Å². The highest BCUT2D eigenvalue weighted by Gasteiger charge is 2.19. The Morgan fingerprint density at radius 2 is 1.97 bits per heavy atom. The van der Waals surface area contributed by atoms with Gasteiger partial charge in [-0.05, 0) is 61.0 Å². The molecule has 36 heavy (non-hydrogen) atoms. The number of hydrogen-bond donors (Lipinski definition) is 3. The van der Waals surface area contributed by atoms with Crippen LogP contribution in [0.2, 0.25) is 0 Å². The number of fused-ring (bicyclic) bond motifs is 1. The van der Waals surface area contributed by atoms with Crippen LogP contribution in [0.5, 0.6) is 5.75 Å². The molecule has 2 aromatic heterocycles. The fourth-order valence-electron chi connectivity index (χ4n) is 4.66. The minimum absolute atomic E-state index is 0.115. The monoisotopic (exact) mass is 486 g/mol. The Hall–Kier alpha value is -3.88. The minimum Gasteiger partial charge on any atom is -0.497 e. The molecule has 0 atom stereocenters. The Kier molecular flexibility index (Phi) is 7.16. The fraction of sp³-hybridized carbons (Fsp3) is 0.286. The lowest BCUT2D eigenvalue weighted by molar-refractivity contribution is 0.0374. The van der Waals surface area contributed by atoms with Gasteiger partial charge in [0.05, 0.1) is 31.6 Å². The number of nitrogens with zero attached hydrogens (tertiary/aromatic N) is 1. The molecule has 1 saturated heterocycles. The number of H-pyrrole nitrogens is 2. The van der Waals surface area contributed by atoms with Crippen LogP contribution in [0.3, 0.4) is 0 Å². The van der Waals surface area contributed by atoms with Crippen LogP contribution in [0.25, 0.3) is 33.3 Å². The van der Waals surface area contributed by atoms with Gasteiger partial charge >= 0.3 is 0 Å². The molecular weight excluding hydrogens is 456 g/mol. The average molecular weight is 487 g/mol. The molecule has 5 rings (SSSR count). The highest BCUT2D eigenvalue weighted by atomic mass is 16.5. The van der Waals surface area contributed by atoms with Gasteiger partial charge < -0.3 is 24.8 Å². The maximum Gasteiger partial charge on any atom is 0.257 e. The number of rotatable bonds is 8. The largest absolute Gasteiger partial charge is 0.497 e. The highest BCUT2D eigenvalue weighted by Crippen LogP contribution is 2.38. The smallest absolute Gasteiger partial charge is 0.257 e. The standard InChI is InChI=1S/C28H30N4O4/c1-35-21-6-2-5-19(17-21)25-23-18-20(27(33)29-11-4-12-32-13-15-36-16-14-32)8-9-24(23)31-26(25)22-7-3-10-30-28(22)34/h2-3,5-10,17-18,31H,4,11-16H2,1H3,(H,29,33)(H,30,34). The quantitative estimate of drug-likeness (QED) is 0.330. The molecule has 1 aliphatic heterocycles. The van der Waals surface area contributed by atoms with Gasteiger partial charge in [0, 0.05) is 47.9 Å². The SMILES string of the molecule is COc1cccc(-c2c(-c3ccc[nH]c3=O)[nH]c3ccc(C(=O)NCCCN4CCOCC4)cc23)c1. The van der Waals surface area contributed by atoms with Crippen molar-refractivity contribution in [1.82, 2.24) is 20.2 Å². The molecule has 8 heteroatoms. The summed E-state index contributed by atoms with van der Waals surface area (Å²) < 4.78 is 10.8. The van der Waals surface area contributed by atoms with Gasteiger partial charge in [-0.1, -0.05) is 12.1 Å². The molecule has 3 heterocycles. The van der Waals surface area contributed by atoms with Crippen LogP contribution in [0.15, 0.2) is 65.6 Å². The predicted octanol–water partition coefficient (Wildman–Crippen LogP) is 3.65. The Morgan fingerprint density at radius 3 is 2.78 bits per heavy atom. The van der Waals surface area contributed by atoms with Crippen molar-refractivity contribution in [2.75, 3.05) is 46.5 Å². The van der Waals surface area contributed by atoms with Gasteiger partial charge in [0.1, 0.15) is 5.75 Å². The molecule has 0 saturated carbocycles. The van der Waals surface area contributed by atoms with E-state index in [0.29, 0.717) is 29.1 Å². The summed E-state index contributed by atoms with van der Waals surface area (Å²) in [5.74, 6) is 0.597. The molecule has 0 radical (unpaired) electrons. The Morgan fingerprint density at radius 1 is 1.11 bits per heavy atom. The molecular formula is C28H30N4O4. The zero-order valence-corrected chi connectivity index (χ0v) is 20.3. The number of ether oxygens (including phenoxy) is 2. The number of aromatic amines is 2. The Bertz CT molecular complexity index is 1420. The van der Waals surface area contributed by atoms with Crippen molar-refractivity contribution in [1.29, 1.82) is 0 Å². The second kappa shape index (κ2) is 10.8. The van der Waals surface area contributed by atoms with Crippen molar-refractivity contribution in [3.8, 4) is 28.1 Å². The summed E-state index contributed by atoms with van der Waals surface area (Å²) in [5, 5.41) is 3.91. The molecule has 3 N–H and O–H groups in total. The molecule has 0 aliphatic carbocycles. The first-order valence-electron chi connectivity index (χ1n) is 12.2. The second-order valence-corrected chi connectivity index (χ2v) is 8.84. The molecule has 4 aromatic rings. The summed E-state index contributed by atoms with van der Waals surface area (Å²) in [4.78, 5) is 34.2. The first kappa shape index (κ1) is 23.8. The van der Waals surface area contributed by atoms with Crippen LogP contribution in [0.1, 0.15) is 16.8 Å². The fourth-order valence-corrected chi connectivity index (χ4v) is 4.66. The van der Waals surface area contributed by atoms with Crippen molar-refractivity contribution in [3.63, 3.8) is 0 Å². The first-order valence-corrected chi connectivity index (χ1v) is 12.2. The summed E-state index contributed by atoms with van der Waals surface area (Å²) in [6, 6.07) is 16.9. The van der Waals surface area contributed by atoms with Crippen LogP contribution < -0.4 is 15.6 Å². The molecule has 1 aliphatic rings. The van der Waals surface area contributed by atoms with E-state index in [4.69, 9.17) is 9.47 Å². The lowest BCUT2D eigenvalue weighted by Crippen LogP contribution is -2.38. The van der Waals surface area contributed by atoms with Gasteiger partial charge in [-0.15, -0.1) is 0 Å². The number of hydrogen-bond acceptors (Lipinski definition) is 5. The number of carbonyl (C=O) groups excluding carboxylic acids is 1. The number of pyridine rings is 1. The number of nitrogens with one attached hydrogen (secondary N) is 3. The number of methoxy groups -OCH3 is 1. The van der Waals surface area contributed by atoms with Gasteiger partial charge in [-0.3, -0.25) is 14.5 Å². The summed E-state index contributed by atoms with van der Waals surface area (Å²) in [6.45, 7) is 4.98. The van der Waals surface area contributed by atoms with E-state index in [1.807, 2.05) is 42.5 Å². The summed E-state index contributed by atoms with van der Waals surface area (Å²) >= 11 is 0. The molecule has 0 unspecified atom stereocenters. The van der Waals surface area contributed by atoms with Crippen molar-refractivity contribution < 1.29 is 14.3 Å².